The Hall–Kier alpha value is 0.400. The highest BCUT2D eigenvalue weighted by atomic mass is 79.9. The van der Waals surface area contributed by atoms with Gasteiger partial charge >= 0.3 is 0 Å². The molecule has 2 aliphatic heterocycles. The van der Waals surface area contributed by atoms with Gasteiger partial charge < -0.3 is 9.47 Å². The number of halogens is 1. The van der Waals surface area contributed by atoms with Crippen LogP contribution < -0.4 is 0 Å². The molecule has 2 unspecified atom stereocenters. The molecular weight excluding hydrogens is 196 g/mol. The molecule has 2 nitrogen and oxygen atoms in total. The summed E-state index contributed by atoms with van der Waals surface area (Å²) in [5.74, 6) is 0. The van der Waals surface area contributed by atoms with Crippen molar-refractivity contribution in [1.82, 2.24) is 0 Å². The average Bonchev–Trinajstić information content (AvgIpc) is 2.29. The largest absolute Gasteiger partial charge is 0.376 e. The van der Waals surface area contributed by atoms with Gasteiger partial charge in [-0.2, -0.15) is 0 Å². The third-order valence-electron chi connectivity index (χ3n) is 2.25. The van der Waals surface area contributed by atoms with Gasteiger partial charge in [-0.05, 0) is 12.8 Å². The normalized spacial score (nSPS) is 45.9. The molecule has 0 aliphatic carbocycles. The molecule has 58 valence electrons. The van der Waals surface area contributed by atoms with Gasteiger partial charge in [-0.1, -0.05) is 15.9 Å². The molecule has 2 saturated heterocycles. The zero-order valence-corrected chi connectivity index (χ0v) is 7.39. The zero-order chi connectivity index (χ0) is 7.03. The molecule has 0 N–H and O–H groups in total. The topological polar surface area (TPSA) is 18.5 Å². The van der Waals surface area contributed by atoms with Crippen molar-refractivity contribution in [2.24, 2.45) is 0 Å². The highest BCUT2D eigenvalue weighted by molar-refractivity contribution is 9.09. The second-order valence-electron chi connectivity index (χ2n) is 3.11. The Morgan fingerprint density at radius 3 is 3.20 bits per heavy atom. The van der Waals surface area contributed by atoms with E-state index in [4.69, 9.17) is 9.47 Å². The summed E-state index contributed by atoms with van der Waals surface area (Å²) < 4.78 is 11.2. The Morgan fingerprint density at radius 2 is 2.50 bits per heavy atom. The third kappa shape index (κ3) is 1.00. The first-order valence-corrected chi connectivity index (χ1v) is 4.78. The Balaban J connectivity index is 2.10. The van der Waals surface area contributed by atoms with E-state index in [-0.39, 0.29) is 5.60 Å². The molecule has 0 aromatic carbocycles. The lowest BCUT2D eigenvalue weighted by molar-refractivity contribution is -0.146. The second kappa shape index (κ2) is 2.47. The van der Waals surface area contributed by atoms with Gasteiger partial charge in [-0.15, -0.1) is 0 Å². The zero-order valence-electron chi connectivity index (χ0n) is 5.81. The fraction of sp³-hybridized carbons (Fsp3) is 1.00. The molecule has 0 saturated carbocycles. The minimum Gasteiger partial charge on any atom is -0.376 e. The van der Waals surface area contributed by atoms with Crippen molar-refractivity contribution in [2.45, 2.75) is 24.5 Å². The van der Waals surface area contributed by atoms with Crippen LogP contribution in [0.25, 0.3) is 0 Å². The van der Waals surface area contributed by atoms with Crippen molar-refractivity contribution in [3.8, 4) is 0 Å². The maximum absolute atomic E-state index is 5.76. The highest BCUT2D eigenvalue weighted by Gasteiger charge is 2.43. The van der Waals surface area contributed by atoms with Crippen LogP contribution in [0, 0.1) is 0 Å². The van der Waals surface area contributed by atoms with Crippen molar-refractivity contribution in [2.75, 3.05) is 18.5 Å². The number of hydrogen-bond donors (Lipinski definition) is 0. The minimum absolute atomic E-state index is 0.0307. The average molecular weight is 207 g/mol. The van der Waals surface area contributed by atoms with Crippen LogP contribution in [-0.4, -0.2) is 30.2 Å². The molecular formula is C7H11BrO2. The van der Waals surface area contributed by atoms with Gasteiger partial charge in [0, 0.05) is 5.33 Å². The molecule has 10 heavy (non-hydrogen) atoms. The quantitative estimate of drug-likeness (QED) is 0.604. The molecule has 2 bridgehead atoms. The van der Waals surface area contributed by atoms with Crippen LogP contribution in [0.15, 0.2) is 0 Å². The van der Waals surface area contributed by atoms with Crippen LogP contribution in [0.1, 0.15) is 12.8 Å². The van der Waals surface area contributed by atoms with Gasteiger partial charge in [0.05, 0.1) is 19.3 Å². The summed E-state index contributed by atoms with van der Waals surface area (Å²) in [7, 11) is 0. The van der Waals surface area contributed by atoms with Crippen molar-refractivity contribution in [3.63, 3.8) is 0 Å². The van der Waals surface area contributed by atoms with Gasteiger partial charge in [0.25, 0.3) is 0 Å². The minimum atomic E-state index is 0.0307. The van der Waals surface area contributed by atoms with Crippen molar-refractivity contribution in [3.05, 3.63) is 0 Å². The Labute approximate surface area is 69.0 Å². The Kier molecular flexibility index (Phi) is 1.74. The highest BCUT2D eigenvalue weighted by Crippen LogP contribution is 2.35. The van der Waals surface area contributed by atoms with Gasteiger partial charge in [-0.3, -0.25) is 0 Å². The van der Waals surface area contributed by atoms with E-state index < -0.39 is 0 Å². The van der Waals surface area contributed by atoms with E-state index in [0.29, 0.717) is 6.10 Å². The first-order valence-electron chi connectivity index (χ1n) is 3.66. The number of rotatable bonds is 1. The summed E-state index contributed by atoms with van der Waals surface area (Å²) in [6.45, 7) is 1.57. The second-order valence-corrected chi connectivity index (χ2v) is 3.67. The van der Waals surface area contributed by atoms with Crippen LogP contribution in [0.3, 0.4) is 0 Å². The summed E-state index contributed by atoms with van der Waals surface area (Å²) in [5, 5.41) is 0.913. The number of alkyl halides is 1. The lowest BCUT2D eigenvalue weighted by Gasteiger charge is -2.31. The van der Waals surface area contributed by atoms with Crippen molar-refractivity contribution in [1.29, 1.82) is 0 Å². The van der Waals surface area contributed by atoms with Gasteiger partial charge in [0.2, 0.25) is 0 Å². The van der Waals surface area contributed by atoms with Crippen LogP contribution in [0.5, 0.6) is 0 Å². The molecule has 2 aliphatic rings. The van der Waals surface area contributed by atoms with Crippen LogP contribution in [0.4, 0.5) is 0 Å². The van der Waals surface area contributed by atoms with Gasteiger partial charge in [0.1, 0.15) is 5.60 Å². The molecule has 0 radical (unpaired) electrons. The Morgan fingerprint density at radius 1 is 1.60 bits per heavy atom. The fourth-order valence-corrected chi connectivity index (χ4v) is 2.21. The van der Waals surface area contributed by atoms with Gasteiger partial charge in [-0.25, -0.2) is 0 Å². The lowest BCUT2D eigenvalue weighted by Crippen LogP contribution is -2.41. The first kappa shape index (κ1) is 7.07. The van der Waals surface area contributed by atoms with E-state index in [1.165, 1.54) is 6.42 Å². The molecule has 2 heterocycles. The molecule has 2 rings (SSSR count). The van der Waals surface area contributed by atoms with E-state index in [2.05, 4.69) is 15.9 Å². The smallest absolute Gasteiger partial charge is 0.102 e. The van der Waals surface area contributed by atoms with E-state index in [9.17, 15) is 0 Å². The van der Waals surface area contributed by atoms with E-state index in [1.807, 2.05) is 0 Å². The van der Waals surface area contributed by atoms with Crippen LogP contribution in [0.2, 0.25) is 0 Å². The van der Waals surface area contributed by atoms with Crippen LogP contribution >= 0.6 is 15.9 Å². The lowest BCUT2D eigenvalue weighted by atomic mass is 10.0. The van der Waals surface area contributed by atoms with E-state index >= 15 is 0 Å². The SMILES string of the molecule is BrCC12CCC(COC1)O2. The summed E-state index contributed by atoms with van der Waals surface area (Å²) in [6, 6.07) is 0. The van der Waals surface area contributed by atoms with Crippen LogP contribution in [-0.2, 0) is 9.47 Å². The summed E-state index contributed by atoms with van der Waals surface area (Å²) in [5.41, 5.74) is 0.0307. The third-order valence-corrected chi connectivity index (χ3v) is 3.27. The van der Waals surface area contributed by atoms with E-state index in [1.54, 1.807) is 0 Å². The maximum atomic E-state index is 5.76. The molecule has 0 aromatic rings. The van der Waals surface area contributed by atoms with Crippen molar-refractivity contribution < 1.29 is 9.47 Å². The standard InChI is InChI=1S/C7H11BrO2/c8-4-7-2-1-6(10-7)3-9-5-7/h6H,1-5H2. The predicted molar refractivity (Wildman–Crippen MR) is 41.5 cm³/mol. The molecule has 0 spiro atoms. The predicted octanol–water partition coefficient (Wildman–Crippen LogP) is 1.33. The fourth-order valence-electron chi connectivity index (χ4n) is 1.63. The maximum Gasteiger partial charge on any atom is 0.102 e. The Bertz CT molecular complexity index is 136. The number of ether oxygens (including phenoxy) is 2. The number of hydrogen-bond acceptors (Lipinski definition) is 2. The van der Waals surface area contributed by atoms with Gasteiger partial charge in [0.15, 0.2) is 0 Å². The molecule has 0 aromatic heterocycles. The summed E-state index contributed by atoms with van der Waals surface area (Å²) in [4.78, 5) is 0. The molecule has 2 atom stereocenters. The van der Waals surface area contributed by atoms with Crippen molar-refractivity contribution >= 4 is 15.9 Å². The molecule has 3 heteroatoms. The summed E-state index contributed by atoms with van der Waals surface area (Å²) in [6.07, 6.45) is 2.71. The van der Waals surface area contributed by atoms with E-state index in [0.717, 1.165) is 25.0 Å². The monoisotopic (exact) mass is 206 g/mol. The summed E-state index contributed by atoms with van der Waals surface area (Å²) >= 11 is 3.45. The molecule has 0 amide bonds. The number of fused-ring (bicyclic) bond motifs is 2. The molecule has 2 fully saturated rings. The first-order chi connectivity index (χ1) is 4.85.